The van der Waals surface area contributed by atoms with Crippen LogP contribution in [-0.2, 0) is 6.42 Å². The minimum Gasteiger partial charge on any atom is -0.255 e. The molecule has 66 valence electrons. The third kappa shape index (κ3) is 1.42. The largest absolute Gasteiger partial charge is 0.255 e. The van der Waals surface area contributed by atoms with Crippen molar-refractivity contribution in [2.24, 2.45) is 0 Å². The minimum absolute atomic E-state index is 0.952. The summed E-state index contributed by atoms with van der Waals surface area (Å²) >= 11 is 4.37. The molecule has 0 saturated carbocycles. The van der Waals surface area contributed by atoms with E-state index in [1.54, 1.807) is 0 Å². The highest BCUT2D eigenvalue weighted by Gasteiger charge is 2.01. The fourth-order valence-corrected chi connectivity index (χ4v) is 1.79. The Morgan fingerprint density at radius 2 is 2.15 bits per heavy atom. The van der Waals surface area contributed by atoms with Gasteiger partial charge in [0.05, 0.1) is 5.52 Å². The fraction of sp³-hybridized carbons (Fsp3) is 0.182. The lowest BCUT2D eigenvalue weighted by molar-refractivity contribution is 1.14. The Labute approximate surface area is 83.2 Å². The van der Waals surface area contributed by atoms with Crippen LogP contribution in [0.5, 0.6) is 0 Å². The zero-order valence-corrected chi connectivity index (χ0v) is 8.38. The van der Waals surface area contributed by atoms with Crippen LogP contribution in [0.1, 0.15) is 12.5 Å². The lowest BCUT2D eigenvalue weighted by atomic mass is 10.1. The van der Waals surface area contributed by atoms with Gasteiger partial charge >= 0.3 is 0 Å². The van der Waals surface area contributed by atoms with Gasteiger partial charge in [-0.25, -0.2) is 0 Å². The van der Waals surface area contributed by atoms with Gasteiger partial charge in [0.25, 0.3) is 0 Å². The molecular formula is C11H11NS. The molecule has 0 aliphatic heterocycles. The Morgan fingerprint density at radius 3 is 2.92 bits per heavy atom. The monoisotopic (exact) mass is 189 g/mol. The number of aromatic nitrogens is 1. The van der Waals surface area contributed by atoms with Gasteiger partial charge in [0, 0.05) is 16.5 Å². The van der Waals surface area contributed by atoms with Crippen LogP contribution in [0.25, 0.3) is 10.9 Å². The van der Waals surface area contributed by atoms with Crippen LogP contribution in [0.2, 0.25) is 0 Å². The summed E-state index contributed by atoms with van der Waals surface area (Å²) in [4.78, 5) is 5.26. The first-order valence-corrected chi connectivity index (χ1v) is 4.83. The SMILES string of the molecule is CCc1ccnc2c(S)cccc12. The Balaban J connectivity index is 2.84. The van der Waals surface area contributed by atoms with Crippen molar-refractivity contribution in [2.45, 2.75) is 18.2 Å². The number of nitrogens with zero attached hydrogens (tertiary/aromatic N) is 1. The van der Waals surface area contributed by atoms with Gasteiger partial charge in [-0.2, -0.15) is 0 Å². The van der Waals surface area contributed by atoms with Crippen LogP contribution >= 0.6 is 12.6 Å². The summed E-state index contributed by atoms with van der Waals surface area (Å²) in [6.45, 7) is 2.15. The molecular weight excluding hydrogens is 178 g/mol. The van der Waals surface area contributed by atoms with Crippen LogP contribution in [0, 0.1) is 0 Å². The molecule has 0 saturated heterocycles. The second kappa shape index (κ2) is 3.38. The van der Waals surface area contributed by atoms with E-state index in [1.807, 2.05) is 18.3 Å². The van der Waals surface area contributed by atoms with Crippen molar-refractivity contribution in [3.63, 3.8) is 0 Å². The highest BCUT2D eigenvalue weighted by molar-refractivity contribution is 7.80. The number of para-hydroxylation sites is 1. The molecule has 0 radical (unpaired) electrons. The number of aryl methyl sites for hydroxylation is 1. The average molecular weight is 189 g/mol. The Kier molecular flexibility index (Phi) is 2.23. The zero-order chi connectivity index (χ0) is 9.26. The molecule has 1 nitrogen and oxygen atoms in total. The number of rotatable bonds is 1. The molecule has 0 amide bonds. The first kappa shape index (κ1) is 8.57. The van der Waals surface area contributed by atoms with E-state index < -0.39 is 0 Å². The van der Waals surface area contributed by atoms with E-state index in [0.717, 1.165) is 16.8 Å². The topological polar surface area (TPSA) is 12.9 Å². The molecule has 2 heteroatoms. The molecule has 0 N–H and O–H groups in total. The van der Waals surface area contributed by atoms with Crippen LogP contribution in [0.3, 0.4) is 0 Å². The van der Waals surface area contributed by atoms with E-state index in [2.05, 4.69) is 36.7 Å². The Hall–Kier alpha value is -1.02. The lowest BCUT2D eigenvalue weighted by Gasteiger charge is -2.04. The van der Waals surface area contributed by atoms with Crippen LogP contribution in [0.15, 0.2) is 35.4 Å². The number of hydrogen-bond acceptors (Lipinski definition) is 2. The van der Waals surface area contributed by atoms with E-state index >= 15 is 0 Å². The summed E-state index contributed by atoms with van der Waals surface area (Å²) in [5.74, 6) is 0. The summed E-state index contributed by atoms with van der Waals surface area (Å²) in [7, 11) is 0. The molecule has 2 aromatic rings. The maximum atomic E-state index is 4.37. The zero-order valence-electron chi connectivity index (χ0n) is 7.49. The predicted octanol–water partition coefficient (Wildman–Crippen LogP) is 3.09. The third-order valence-corrected chi connectivity index (χ3v) is 2.58. The predicted molar refractivity (Wildman–Crippen MR) is 58.4 cm³/mol. The first-order valence-electron chi connectivity index (χ1n) is 4.38. The Bertz CT molecular complexity index is 437. The minimum atomic E-state index is 0.952. The van der Waals surface area contributed by atoms with Crippen molar-refractivity contribution in [3.05, 3.63) is 36.0 Å². The van der Waals surface area contributed by atoms with E-state index in [1.165, 1.54) is 10.9 Å². The molecule has 0 unspecified atom stereocenters. The summed E-state index contributed by atoms with van der Waals surface area (Å²) < 4.78 is 0. The van der Waals surface area contributed by atoms with Gasteiger partial charge in [0.2, 0.25) is 0 Å². The summed E-state index contributed by atoms with van der Waals surface area (Å²) in [5, 5.41) is 1.22. The molecule has 0 aliphatic rings. The highest BCUT2D eigenvalue weighted by atomic mass is 32.1. The second-order valence-electron chi connectivity index (χ2n) is 3.00. The average Bonchev–Trinajstić information content (AvgIpc) is 2.18. The van der Waals surface area contributed by atoms with Gasteiger partial charge in [-0.15, -0.1) is 12.6 Å². The van der Waals surface area contributed by atoms with E-state index in [4.69, 9.17) is 0 Å². The van der Waals surface area contributed by atoms with Crippen molar-refractivity contribution < 1.29 is 0 Å². The van der Waals surface area contributed by atoms with E-state index in [-0.39, 0.29) is 0 Å². The Morgan fingerprint density at radius 1 is 1.31 bits per heavy atom. The number of thiol groups is 1. The summed E-state index contributed by atoms with van der Waals surface area (Å²) in [6.07, 6.45) is 2.89. The van der Waals surface area contributed by atoms with Gasteiger partial charge in [-0.3, -0.25) is 4.98 Å². The van der Waals surface area contributed by atoms with Crippen LogP contribution in [0.4, 0.5) is 0 Å². The molecule has 0 atom stereocenters. The van der Waals surface area contributed by atoms with Gasteiger partial charge in [0.1, 0.15) is 0 Å². The number of fused-ring (bicyclic) bond motifs is 1. The molecule has 2 rings (SSSR count). The van der Waals surface area contributed by atoms with Gasteiger partial charge in [-0.05, 0) is 24.1 Å². The van der Waals surface area contributed by atoms with Gasteiger partial charge in [-0.1, -0.05) is 19.1 Å². The molecule has 1 heterocycles. The van der Waals surface area contributed by atoms with Crippen molar-refractivity contribution in [3.8, 4) is 0 Å². The summed E-state index contributed by atoms with van der Waals surface area (Å²) in [5.41, 5.74) is 2.34. The van der Waals surface area contributed by atoms with Crippen molar-refractivity contribution >= 4 is 23.5 Å². The number of hydrogen-bond donors (Lipinski definition) is 1. The van der Waals surface area contributed by atoms with Crippen LogP contribution in [-0.4, -0.2) is 4.98 Å². The normalized spacial score (nSPS) is 10.6. The maximum Gasteiger partial charge on any atom is 0.0837 e. The molecule has 0 spiro atoms. The molecule has 13 heavy (non-hydrogen) atoms. The van der Waals surface area contributed by atoms with E-state index in [9.17, 15) is 0 Å². The molecule has 0 bridgehead atoms. The maximum absolute atomic E-state index is 4.37. The second-order valence-corrected chi connectivity index (χ2v) is 3.48. The lowest BCUT2D eigenvalue weighted by Crippen LogP contribution is -1.86. The quantitative estimate of drug-likeness (QED) is 0.680. The molecule has 0 aliphatic carbocycles. The summed E-state index contributed by atoms with van der Waals surface area (Å²) in [6, 6.07) is 8.15. The first-order chi connectivity index (χ1) is 6.33. The third-order valence-electron chi connectivity index (χ3n) is 2.22. The molecule has 0 fully saturated rings. The van der Waals surface area contributed by atoms with E-state index in [0.29, 0.717) is 0 Å². The van der Waals surface area contributed by atoms with Gasteiger partial charge in [0.15, 0.2) is 0 Å². The van der Waals surface area contributed by atoms with Crippen molar-refractivity contribution in [1.82, 2.24) is 4.98 Å². The van der Waals surface area contributed by atoms with Gasteiger partial charge < -0.3 is 0 Å². The van der Waals surface area contributed by atoms with Crippen LogP contribution < -0.4 is 0 Å². The highest BCUT2D eigenvalue weighted by Crippen LogP contribution is 2.22. The number of benzene rings is 1. The fourth-order valence-electron chi connectivity index (χ4n) is 1.53. The number of pyridine rings is 1. The molecule has 1 aromatic heterocycles. The molecule has 1 aromatic carbocycles. The van der Waals surface area contributed by atoms with Crippen molar-refractivity contribution in [2.75, 3.05) is 0 Å². The standard InChI is InChI=1S/C11H11NS/c1-2-8-6-7-12-11-9(8)4-3-5-10(11)13/h3-7,13H,2H2,1H3. The van der Waals surface area contributed by atoms with Crippen molar-refractivity contribution in [1.29, 1.82) is 0 Å². The smallest absolute Gasteiger partial charge is 0.0837 e.